The van der Waals surface area contributed by atoms with Crippen molar-refractivity contribution in [3.05, 3.63) is 51.5 Å². The third kappa shape index (κ3) is 2.81. The van der Waals surface area contributed by atoms with E-state index in [-0.39, 0.29) is 0 Å². The van der Waals surface area contributed by atoms with Crippen molar-refractivity contribution in [1.82, 2.24) is 0 Å². The average molecular weight is 310 g/mol. The molecule has 0 aliphatic heterocycles. The van der Waals surface area contributed by atoms with Crippen LogP contribution in [0.1, 0.15) is 15.9 Å². The van der Waals surface area contributed by atoms with Crippen molar-refractivity contribution in [1.29, 1.82) is 0 Å². The van der Waals surface area contributed by atoms with Gasteiger partial charge >= 0.3 is 0 Å². The summed E-state index contributed by atoms with van der Waals surface area (Å²) in [5.74, 6) is -0.392. The Morgan fingerprint density at radius 2 is 1.85 bits per heavy atom. The van der Waals surface area contributed by atoms with E-state index < -0.39 is 5.91 Å². The number of benzene rings is 2. The molecule has 6 heteroatoms. The van der Waals surface area contributed by atoms with E-state index >= 15 is 0 Å². The minimum atomic E-state index is -0.392. The van der Waals surface area contributed by atoms with Gasteiger partial charge in [-0.2, -0.15) is 0 Å². The van der Waals surface area contributed by atoms with Crippen molar-refractivity contribution in [2.45, 2.75) is 6.92 Å². The number of carbonyl (C=O) groups is 1. The molecule has 0 heterocycles. The average Bonchev–Trinajstić information content (AvgIpc) is 2.39. The molecule has 5 N–H and O–H groups in total. The van der Waals surface area contributed by atoms with Crippen LogP contribution < -0.4 is 16.8 Å². The Labute approximate surface area is 126 Å². The summed E-state index contributed by atoms with van der Waals surface area (Å²) < 4.78 is 0. The Morgan fingerprint density at radius 3 is 2.50 bits per heavy atom. The lowest BCUT2D eigenvalue weighted by Gasteiger charge is -2.12. The molecule has 20 heavy (non-hydrogen) atoms. The predicted octanol–water partition coefficient (Wildman–Crippen LogP) is 3.72. The number of nitrogen functional groups attached to an aromatic ring is 2. The van der Waals surface area contributed by atoms with Gasteiger partial charge in [0.15, 0.2) is 0 Å². The van der Waals surface area contributed by atoms with E-state index in [1.54, 1.807) is 24.3 Å². The number of anilines is 3. The molecule has 0 atom stereocenters. The Balaban J connectivity index is 2.35. The lowest BCUT2D eigenvalue weighted by molar-refractivity contribution is 0.102. The van der Waals surface area contributed by atoms with Gasteiger partial charge in [-0.25, -0.2) is 0 Å². The van der Waals surface area contributed by atoms with Gasteiger partial charge in [0.05, 0.1) is 21.3 Å². The van der Waals surface area contributed by atoms with Gasteiger partial charge in [0, 0.05) is 11.4 Å². The fraction of sp³-hybridized carbons (Fsp3) is 0.0714. The number of nitrogens with two attached hydrogens (primary N) is 2. The van der Waals surface area contributed by atoms with Gasteiger partial charge in [0.1, 0.15) is 0 Å². The molecule has 0 unspecified atom stereocenters. The number of rotatable bonds is 2. The van der Waals surface area contributed by atoms with Crippen molar-refractivity contribution >= 4 is 46.2 Å². The normalized spacial score (nSPS) is 10.3. The Hall–Kier alpha value is -1.91. The van der Waals surface area contributed by atoms with Crippen LogP contribution >= 0.6 is 23.2 Å². The van der Waals surface area contributed by atoms with Gasteiger partial charge in [-0.15, -0.1) is 0 Å². The van der Waals surface area contributed by atoms with Crippen LogP contribution in [0.3, 0.4) is 0 Å². The maximum atomic E-state index is 12.2. The quantitative estimate of drug-likeness (QED) is 0.739. The van der Waals surface area contributed by atoms with Gasteiger partial charge in [0.2, 0.25) is 0 Å². The molecule has 104 valence electrons. The highest BCUT2D eigenvalue weighted by molar-refractivity contribution is 6.40. The Morgan fingerprint density at radius 1 is 1.15 bits per heavy atom. The zero-order valence-electron chi connectivity index (χ0n) is 10.7. The Kier molecular flexibility index (Phi) is 4.06. The van der Waals surface area contributed by atoms with Gasteiger partial charge in [-0.05, 0) is 36.8 Å². The van der Waals surface area contributed by atoms with Crippen LogP contribution in [-0.4, -0.2) is 5.91 Å². The van der Waals surface area contributed by atoms with Crippen molar-refractivity contribution in [2.75, 3.05) is 16.8 Å². The third-order valence-electron chi connectivity index (χ3n) is 2.84. The number of halogens is 2. The lowest BCUT2D eigenvalue weighted by atomic mass is 10.1. The second kappa shape index (κ2) is 5.61. The molecule has 0 fully saturated rings. The summed E-state index contributed by atoms with van der Waals surface area (Å²) in [5, 5.41) is 3.44. The summed E-state index contributed by atoms with van der Waals surface area (Å²) in [6.45, 7) is 1.83. The first-order valence-corrected chi connectivity index (χ1v) is 6.56. The van der Waals surface area contributed by atoms with Crippen LogP contribution in [0.5, 0.6) is 0 Å². The molecule has 0 saturated heterocycles. The molecule has 0 aliphatic carbocycles. The molecule has 0 spiro atoms. The van der Waals surface area contributed by atoms with Gasteiger partial charge in [-0.3, -0.25) is 4.79 Å². The summed E-state index contributed by atoms with van der Waals surface area (Å²) >= 11 is 12.2. The minimum Gasteiger partial charge on any atom is -0.399 e. The standard InChI is InChI=1S/C14H13Cl2N3O/c1-7-2-5-10(15)13(12(7)16)19-14(20)9-4-3-8(17)6-11(9)18/h2-6H,17-18H2,1H3,(H,19,20). The first kappa shape index (κ1) is 14.5. The van der Waals surface area contributed by atoms with Crippen LogP contribution in [-0.2, 0) is 0 Å². The second-order valence-corrected chi connectivity index (χ2v) is 5.14. The highest BCUT2D eigenvalue weighted by atomic mass is 35.5. The number of amides is 1. The van der Waals surface area contributed by atoms with E-state index in [0.29, 0.717) is 32.7 Å². The van der Waals surface area contributed by atoms with Crippen molar-refractivity contribution < 1.29 is 4.79 Å². The van der Waals surface area contributed by atoms with E-state index in [1.807, 2.05) is 6.92 Å². The summed E-state index contributed by atoms with van der Waals surface area (Å²) in [4.78, 5) is 12.2. The number of hydrogen-bond acceptors (Lipinski definition) is 3. The molecule has 0 bridgehead atoms. The molecule has 2 rings (SSSR count). The topological polar surface area (TPSA) is 81.1 Å². The largest absolute Gasteiger partial charge is 0.399 e. The van der Waals surface area contributed by atoms with E-state index in [0.717, 1.165) is 5.56 Å². The van der Waals surface area contributed by atoms with E-state index in [1.165, 1.54) is 6.07 Å². The fourth-order valence-electron chi connectivity index (χ4n) is 1.74. The number of hydrogen-bond donors (Lipinski definition) is 3. The third-order valence-corrected chi connectivity index (χ3v) is 3.65. The summed E-state index contributed by atoms with van der Waals surface area (Å²) in [5.41, 5.74) is 13.7. The first-order chi connectivity index (χ1) is 9.40. The van der Waals surface area contributed by atoms with Crippen LogP contribution in [0, 0.1) is 6.92 Å². The van der Waals surface area contributed by atoms with Crippen LogP contribution in [0.25, 0.3) is 0 Å². The number of carbonyl (C=O) groups excluding carboxylic acids is 1. The fourth-order valence-corrected chi connectivity index (χ4v) is 2.21. The van der Waals surface area contributed by atoms with Crippen molar-refractivity contribution in [2.24, 2.45) is 0 Å². The highest BCUT2D eigenvalue weighted by Gasteiger charge is 2.15. The molecule has 0 radical (unpaired) electrons. The molecule has 4 nitrogen and oxygen atoms in total. The zero-order valence-corrected chi connectivity index (χ0v) is 12.2. The smallest absolute Gasteiger partial charge is 0.257 e. The second-order valence-electron chi connectivity index (χ2n) is 4.35. The number of aryl methyl sites for hydroxylation is 1. The predicted molar refractivity (Wildman–Crippen MR) is 84.4 cm³/mol. The van der Waals surface area contributed by atoms with Crippen LogP contribution in [0.15, 0.2) is 30.3 Å². The maximum Gasteiger partial charge on any atom is 0.257 e. The van der Waals surface area contributed by atoms with E-state index in [4.69, 9.17) is 34.7 Å². The molecular formula is C14H13Cl2N3O. The van der Waals surface area contributed by atoms with Gasteiger partial charge in [0.25, 0.3) is 5.91 Å². The van der Waals surface area contributed by atoms with Gasteiger partial charge < -0.3 is 16.8 Å². The monoisotopic (exact) mass is 309 g/mol. The molecule has 0 saturated carbocycles. The molecule has 1 amide bonds. The van der Waals surface area contributed by atoms with Crippen LogP contribution in [0.2, 0.25) is 10.0 Å². The van der Waals surface area contributed by atoms with Crippen LogP contribution in [0.4, 0.5) is 17.1 Å². The van der Waals surface area contributed by atoms with Gasteiger partial charge in [-0.1, -0.05) is 29.3 Å². The summed E-state index contributed by atoms with van der Waals surface area (Å²) in [6, 6.07) is 8.12. The molecular weight excluding hydrogens is 297 g/mol. The van der Waals surface area contributed by atoms with Crippen molar-refractivity contribution in [3.63, 3.8) is 0 Å². The first-order valence-electron chi connectivity index (χ1n) is 5.81. The van der Waals surface area contributed by atoms with E-state index in [2.05, 4.69) is 5.32 Å². The summed E-state index contributed by atoms with van der Waals surface area (Å²) in [7, 11) is 0. The summed E-state index contributed by atoms with van der Waals surface area (Å²) in [6.07, 6.45) is 0. The molecule has 0 aromatic heterocycles. The SMILES string of the molecule is Cc1ccc(Cl)c(NC(=O)c2ccc(N)cc2N)c1Cl. The van der Waals surface area contributed by atoms with Crippen molar-refractivity contribution in [3.8, 4) is 0 Å². The Bertz CT molecular complexity index is 686. The molecule has 2 aromatic carbocycles. The lowest BCUT2D eigenvalue weighted by Crippen LogP contribution is -2.15. The zero-order chi connectivity index (χ0) is 14.9. The minimum absolute atomic E-state index is 0.294. The number of nitrogens with one attached hydrogen (secondary N) is 1. The maximum absolute atomic E-state index is 12.2. The highest BCUT2D eigenvalue weighted by Crippen LogP contribution is 2.33. The molecule has 2 aromatic rings. The van der Waals surface area contributed by atoms with E-state index in [9.17, 15) is 4.79 Å². The molecule has 0 aliphatic rings.